The molecule has 3 aromatic rings. The van der Waals surface area contributed by atoms with Crippen LogP contribution in [-0.2, 0) is 16.6 Å². The predicted octanol–water partition coefficient (Wildman–Crippen LogP) is 4.50. The summed E-state index contributed by atoms with van der Waals surface area (Å²) in [6, 6.07) is 20.9. The smallest absolute Gasteiger partial charge is 0.277 e. The van der Waals surface area contributed by atoms with Crippen molar-refractivity contribution in [2.75, 3.05) is 0 Å². The maximum atomic E-state index is 12.7. The molecule has 6 heteroatoms. The van der Waals surface area contributed by atoms with Gasteiger partial charge in [0.2, 0.25) is 0 Å². The molecule has 0 fully saturated rings. The van der Waals surface area contributed by atoms with Crippen LogP contribution in [0.2, 0.25) is 0 Å². The number of sulfonamides is 1. The molecule has 0 spiro atoms. The van der Waals surface area contributed by atoms with Crippen molar-refractivity contribution in [1.29, 1.82) is 0 Å². The van der Waals surface area contributed by atoms with E-state index in [2.05, 4.69) is 9.93 Å². The molecule has 29 heavy (non-hydrogen) atoms. The molecule has 0 heterocycles. The Labute approximate surface area is 172 Å². The Morgan fingerprint density at radius 2 is 1.55 bits per heavy atom. The maximum Gasteiger partial charge on any atom is 0.277 e. The minimum Gasteiger partial charge on any atom is -0.488 e. The lowest BCUT2D eigenvalue weighted by atomic mass is 10.1. The highest BCUT2D eigenvalue weighted by molar-refractivity contribution is 7.89. The van der Waals surface area contributed by atoms with Crippen molar-refractivity contribution in [2.24, 2.45) is 5.10 Å². The summed E-state index contributed by atoms with van der Waals surface area (Å²) in [4.78, 5) is 2.57. The maximum absolute atomic E-state index is 12.7. The van der Waals surface area contributed by atoms with E-state index in [0.29, 0.717) is 29.0 Å². The summed E-state index contributed by atoms with van der Waals surface area (Å²) < 4.78 is 31.3. The van der Waals surface area contributed by atoms with E-state index in [4.69, 9.17) is 4.74 Å². The van der Waals surface area contributed by atoms with E-state index in [0.717, 1.165) is 11.1 Å². The highest BCUT2D eigenvalue weighted by Crippen LogP contribution is 2.22. The largest absolute Gasteiger partial charge is 0.488 e. The van der Waals surface area contributed by atoms with Crippen LogP contribution in [0.1, 0.15) is 27.8 Å². The van der Waals surface area contributed by atoms with Gasteiger partial charge in [-0.05, 0) is 49.6 Å². The lowest BCUT2D eigenvalue weighted by Crippen LogP contribution is -2.20. The van der Waals surface area contributed by atoms with Crippen molar-refractivity contribution in [3.8, 4) is 5.75 Å². The molecule has 0 unspecified atom stereocenters. The molecule has 0 saturated carbocycles. The number of para-hydroxylation sites is 1. The van der Waals surface area contributed by atoms with Crippen molar-refractivity contribution >= 4 is 16.2 Å². The zero-order valence-corrected chi connectivity index (χ0v) is 17.5. The van der Waals surface area contributed by atoms with Crippen LogP contribution in [-0.4, -0.2) is 14.6 Å². The van der Waals surface area contributed by atoms with Crippen LogP contribution in [0, 0.1) is 20.8 Å². The average molecular weight is 409 g/mol. The van der Waals surface area contributed by atoms with E-state index in [9.17, 15) is 8.42 Å². The fraction of sp³-hybridized carbons (Fsp3) is 0.174. The molecule has 0 radical (unpaired) electrons. The fourth-order valence-corrected chi connectivity index (χ4v) is 4.50. The predicted molar refractivity (Wildman–Crippen MR) is 116 cm³/mol. The first-order valence-corrected chi connectivity index (χ1v) is 10.7. The third kappa shape index (κ3) is 5.23. The molecule has 0 aliphatic carbocycles. The van der Waals surface area contributed by atoms with E-state index in [-0.39, 0.29) is 4.90 Å². The SMILES string of the molecule is Cc1cc(C)c(S(=O)(=O)N/N=C/c2ccccc2OCc2ccccc2)c(C)c1. The molecule has 0 saturated heterocycles. The van der Waals surface area contributed by atoms with Gasteiger partial charge in [-0.1, -0.05) is 60.2 Å². The van der Waals surface area contributed by atoms with Crippen molar-refractivity contribution < 1.29 is 13.2 Å². The molecule has 0 atom stereocenters. The molecule has 0 bridgehead atoms. The Bertz CT molecular complexity index is 1100. The topological polar surface area (TPSA) is 67.8 Å². The summed E-state index contributed by atoms with van der Waals surface area (Å²) in [5.74, 6) is 0.627. The van der Waals surface area contributed by atoms with Crippen LogP contribution in [0.15, 0.2) is 76.7 Å². The van der Waals surface area contributed by atoms with Gasteiger partial charge in [0.15, 0.2) is 0 Å². The number of hydrogen-bond donors (Lipinski definition) is 1. The van der Waals surface area contributed by atoms with E-state index < -0.39 is 10.0 Å². The third-order valence-corrected chi connectivity index (χ3v) is 5.93. The minimum absolute atomic E-state index is 0.258. The number of nitrogens with one attached hydrogen (secondary N) is 1. The molecule has 5 nitrogen and oxygen atoms in total. The van der Waals surface area contributed by atoms with Gasteiger partial charge in [0.05, 0.1) is 11.1 Å². The zero-order valence-electron chi connectivity index (χ0n) is 16.7. The van der Waals surface area contributed by atoms with Crippen molar-refractivity contribution in [3.63, 3.8) is 0 Å². The van der Waals surface area contributed by atoms with Gasteiger partial charge >= 0.3 is 0 Å². The van der Waals surface area contributed by atoms with Crippen molar-refractivity contribution in [1.82, 2.24) is 4.83 Å². The molecule has 0 aliphatic rings. The molecule has 0 aliphatic heterocycles. The highest BCUT2D eigenvalue weighted by Gasteiger charge is 2.19. The number of benzene rings is 3. The van der Waals surface area contributed by atoms with Crippen LogP contribution in [0.5, 0.6) is 5.75 Å². The Balaban J connectivity index is 1.75. The third-order valence-electron chi connectivity index (χ3n) is 4.41. The summed E-state index contributed by atoms with van der Waals surface area (Å²) in [7, 11) is -3.77. The second-order valence-corrected chi connectivity index (χ2v) is 8.49. The van der Waals surface area contributed by atoms with Crippen LogP contribution in [0.25, 0.3) is 0 Å². The first-order chi connectivity index (χ1) is 13.9. The van der Waals surface area contributed by atoms with E-state index >= 15 is 0 Å². The molecular formula is C23H24N2O3S. The fourth-order valence-electron chi connectivity index (χ4n) is 3.26. The number of aryl methyl sites for hydroxylation is 3. The van der Waals surface area contributed by atoms with E-state index in [1.54, 1.807) is 13.8 Å². The van der Waals surface area contributed by atoms with Crippen LogP contribution in [0.4, 0.5) is 0 Å². The molecule has 1 N–H and O–H groups in total. The van der Waals surface area contributed by atoms with Gasteiger partial charge in [-0.25, -0.2) is 4.83 Å². The van der Waals surface area contributed by atoms with Gasteiger partial charge < -0.3 is 4.74 Å². The van der Waals surface area contributed by atoms with Crippen molar-refractivity contribution in [2.45, 2.75) is 32.3 Å². The molecular weight excluding hydrogens is 384 g/mol. The second-order valence-electron chi connectivity index (χ2n) is 6.89. The van der Waals surface area contributed by atoms with Crippen molar-refractivity contribution in [3.05, 3.63) is 94.5 Å². The lowest BCUT2D eigenvalue weighted by Gasteiger charge is -2.12. The summed E-state index contributed by atoms with van der Waals surface area (Å²) in [6.07, 6.45) is 1.46. The Hall–Kier alpha value is -3.12. The van der Waals surface area contributed by atoms with Crippen LogP contribution in [0.3, 0.4) is 0 Å². The number of hydrogen-bond acceptors (Lipinski definition) is 4. The van der Waals surface area contributed by atoms with Gasteiger partial charge in [0.1, 0.15) is 12.4 Å². The summed E-state index contributed by atoms with van der Waals surface area (Å²) >= 11 is 0. The van der Waals surface area contributed by atoms with Crippen LogP contribution < -0.4 is 9.57 Å². The van der Waals surface area contributed by atoms with E-state index in [1.807, 2.05) is 73.7 Å². The van der Waals surface area contributed by atoms with Gasteiger partial charge in [-0.15, -0.1) is 0 Å². The summed E-state index contributed by atoms with van der Waals surface area (Å²) in [6.45, 7) is 5.92. The van der Waals surface area contributed by atoms with Gasteiger partial charge in [0.25, 0.3) is 10.0 Å². The second kappa shape index (κ2) is 8.92. The number of rotatable bonds is 7. The summed E-state index contributed by atoms with van der Waals surface area (Å²) in [5.41, 5.74) is 4.13. The van der Waals surface area contributed by atoms with E-state index in [1.165, 1.54) is 6.21 Å². The van der Waals surface area contributed by atoms with Gasteiger partial charge in [-0.2, -0.15) is 13.5 Å². The standard InChI is InChI=1S/C23H24N2O3S/c1-17-13-18(2)23(19(3)14-17)29(26,27)25-24-15-21-11-7-8-12-22(21)28-16-20-9-5-4-6-10-20/h4-15,25H,16H2,1-3H3/b24-15+. The van der Waals surface area contributed by atoms with Gasteiger partial charge in [-0.3, -0.25) is 0 Å². The average Bonchev–Trinajstić information content (AvgIpc) is 2.67. The Morgan fingerprint density at radius 1 is 0.931 bits per heavy atom. The molecule has 3 aromatic carbocycles. The minimum atomic E-state index is -3.77. The quantitative estimate of drug-likeness (QED) is 0.462. The zero-order chi connectivity index (χ0) is 20.9. The summed E-state index contributed by atoms with van der Waals surface area (Å²) in [5, 5.41) is 3.97. The monoisotopic (exact) mass is 408 g/mol. The number of ether oxygens (including phenoxy) is 1. The first-order valence-electron chi connectivity index (χ1n) is 9.25. The molecule has 3 rings (SSSR count). The van der Waals surface area contributed by atoms with Gasteiger partial charge in [0, 0.05) is 5.56 Å². The molecule has 0 aromatic heterocycles. The highest BCUT2D eigenvalue weighted by atomic mass is 32.2. The Morgan fingerprint density at radius 3 is 2.24 bits per heavy atom. The molecule has 150 valence electrons. The molecule has 0 amide bonds. The normalized spacial score (nSPS) is 11.6. The lowest BCUT2D eigenvalue weighted by molar-refractivity contribution is 0.306. The Kier molecular flexibility index (Phi) is 6.34. The number of nitrogens with zero attached hydrogens (tertiary/aromatic N) is 1. The number of hydrazone groups is 1. The van der Waals surface area contributed by atoms with Crippen LogP contribution >= 0.6 is 0 Å². The first kappa shape index (κ1) is 20.6.